The molecule has 1 aromatic carbocycles. The van der Waals surface area contributed by atoms with E-state index in [1.54, 1.807) is 19.5 Å². The van der Waals surface area contributed by atoms with Crippen molar-refractivity contribution in [2.24, 2.45) is 0 Å². The number of rotatable bonds is 9. The van der Waals surface area contributed by atoms with E-state index >= 15 is 0 Å². The molecule has 2 rings (SSSR count). The largest absolute Gasteiger partial charge is 0.493 e. The summed E-state index contributed by atoms with van der Waals surface area (Å²) in [4.78, 5) is 4.23. The van der Waals surface area contributed by atoms with E-state index in [1.807, 2.05) is 31.2 Å². The molecule has 0 saturated heterocycles. The van der Waals surface area contributed by atoms with Gasteiger partial charge in [-0.2, -0.15) is 0 Å². The lowest BCUT2D eigenvalue weighted by Crippen LogP contribution is -2.18. The molecule has 0 aliphatic heterocycles. The zero-order chi connectivity index (χ0) is 18.2. The van der Waals surface area contributed by atoms with Crippen molar-refractivity contribution in [1.82, 2.24) is 4.98 Å². The molecule has 0 saturated carbocycles. The average Bonchev–Trinajstić information content (AvgIpc) is 2.64. The van der Waals surface area contributed by atoms with Crippen LogP contribution in [0.5, 0.6) is 11.5 Å². The molecule has 0 aliphatic rings. The number of nitrogens with zero attached hydrogens (tertiary/aromatic N) is 1. The maximum atomic E-state index is 9.51. The van der Waals surface area contributed by atoms with Crippen molar-refractivity contribution in [3.05, 3.63) is 42.2 Å². The van der Waals surface area contributed by atoms with Gasteiger partial charge in [0.05, 0.1) is 13.7 Å². The number of ether oxygens (including phenoxy) is 2. The van der Waals surface area contributed by atoms with Crippen LogP contribution < -0.4 is 9.47 Å². The second-order valence-electron chi connectivity index (χ2n) is 5.82. The topological polar surface area (TPSA) is 92.0 Å². The molecule has 0 spiro atoms. The number of hydrogen-bond donors (Lipinski definition) is 3. The minimum Gasteiger partial charge on any atom is -0.493 e. The fourth-order valence-electron chi connectivity index (χ4n) is 2.59. The molecule has 25 heavy (non-hydrogen) atoms. The third kappa shape index (κ3) is 5.19. The van der Waals surface area contributed by atoms with E-state index in [2.05, 4.69) is 4.98 Å². The van der Waals surface area contributed by atoms with Gasteiger partial charge in [-0.15, -0.1) is 0 Å². The normalized spacial score (nSPS) is 11.9. The fraction of sp³-hybridized carbons (Fsp3) is 0.389. The lowest BCUT2D eigenvalue weighted by Gasteiger charge is -2.15. The van der Waals surface area contributed by atoms with Crippen molar-refractivity contribution in [3.63, 3.8) is 0 Å². The van der Waals surface area contributed by atoms with Gasteiger partial charge in [0, 0.05) is 30.5 Å². The van der Waals surface area contributed by atoms with Gasteiger partial charge in [0.2, 0.25) is 0 Å². The highest BCUT2D eigenvalue weighted by atomic mass is 16.5. The summed E-state index contributed by atoms with van der Waals surface area (Å²) < 4.78 is 11.1. The predicted molar refractivity (Wildman–Crippen MR) is 96.8 cm³/mol. The number of methoxy groups -OCH3 is 1. The minimum atomic E-state index is -1.48. The van der Waals surface area contributed by atoms with Crippen LogP contribution in [0, 0.1) is 0 Å². The summed E-state index contributed by atoms with van der Waals surface area (Å²) in [6, 6.07) is 7.53. The first kappa shape index (κ1) is 19.2. The Morgan fingerprint density at radius 2 is 1.92 bits per heavy atom. The molecule has 0 radical (unpaired) electrons. The molecule has 3 N–H and O–H groups in total. The zero-order valence-corrected chi connectivity index (χ0v) is 14.6. The average molecular weight is 345 g/mol. The molecule has 1 unspecified atom stereocenters. The summed E-state index contributed by atoms with van der Waals surface area (Å²) in [6.07, 6.45) is 4.30. The fourth-order valence-corrected chi connectivity index (χ4v) is 2.59. The van der Waals surface area contributed by atoms with Crippen molar-refractivity contribution in [2.75, 3.05) is 20.3 Å². The van der Waals surface area contributed by atoms with Gasteiger partial charge >= 0.3 is 7.12 Å². The lowest BCUT2D eigenvalue weighted by molar-refractivity contribution is 0.265. The minimum absolute atomic E-state index is 0.0507. The second-order valence-corrected chi connectivity index (χ2v) is 5.82. The first-order chi connectivity index (χ1) is 12.1. The molecule has 7 heteroatoms. The summed E-state index contributed by atoms with van der Waals surface area (Å²) in [7, 11) is 0.123. The van der Waals surface area contributed by atoms with Crippen LogP contribution in [-0.4, -0.2) is 47.6 Å². The highest BCUT2D eigenvalue weighted by Crippen LogP contribution is 2.33. The molecular weight excluding hydrogens is 321 g/mol. The van der Waals surface area contributed by atoms with Crippen molar-refractivity contribution in [2.45, 2.75) is 25.6 Å². The quantitative estimate of drug-likeness (QED) is 0.603. The van der Waals surface area contributed by atoms with E-state index in [0.717, 1.165) is 23.1 Å². The number of pyridine rings is 1. The van der Waals surface area contributed by atoms with Crippen molar-refractivity contribution in [1.29, 1.82) is 0 Å². The van der Waals surface area contributed by atoms with Crippen LogP contribution in [0.25, 0.3) is 11.1 Å². The summed E-state index contributed by atoms with van der Waals surface area (Å²) >= 11 is 0. The van der Waals surface area contributed by atoms with Gasteiger partial charge in [0.15, 0.2) is 11.5 Å². The second kappa shape index (κ2) is 9.41. The maximum absolute atomic E-state index is 9.51. The smallest absolute Gasteiger partial charge is 0.452 e. The number of hydrogen-bond acceptors (Lipinski definition) is 6. The first-order valence-electron chi connectivity index (χ1n) is 8.32. The van der Waals surface area contributed by atoms with Crippen LogP contribution in [0.4, 0.5) is 0 Å². The van der Waals surface area contributed by atoms with Crippen molar-refractivity contribution in [3.8, 4) is 22.6 Å². The standard InChI is InChI=1S/C18H24BNO5/c1-3-6-25-18-8-13(4-5-17(18)24-2)14-7-15(11-20-10-14)16(12-21)9-19(22)23/h4-5,7-8,10-11,16,21-23H,3,6,9,12H2,1-2H3. The molecule has 0 amide bonds. The Hall–Kier alpha value is -2.09. The number of benzene rings is 1. The van der Waals surface area contributed by atoms with Gasteiger partial charge in [-0.05, 0) is 42.1 Å². The van der Waals surface area contributed by atoms with E-state index in [-0.39, 0.29) is 18.8 Å². The van der Waals surface area contributed by atoms with Gasteiger partial charge in [-0.1, -0.05) is 13.0 Å². The monoisotopic (exact) mass is 345 g/mol. The highest BCUT2D eigenvalue weighted by molar-refractivity contribution is 6.41. The predicted octanol–water partition coefficient (Wildman–Crippen LogP) is 2.09. The van der Waals surface area contributed by atoms with Crippen LogP contribution in [0.3, 0.4) is 0 Å². The van der Waals surface area contributed by atoms with E-state index < -0.39 is 7.12 Å². The summed E-state index contributed by atoms with van der Waals surface area (Å²) in [5, 5.41) is 27.9. The van der Waals surface area contributed by atoms with E-state index in [0.29, 0.717) is 18.1 Å². The molecule has 134 valence electrons. The van der Waals surface area contributed by atoms with Crippen LogP contribution in [-0.2, 0) is 0 Å². The Balaban J connectivity index is 2.33. The van der Waals surface area contributed by atoms with Crippen LogP contribution >= 0.6 is 0 Å². The van der Waals surface area contributed by atoms with Crippen molar-refractivity contribution < 1.29 is 24.6 Å². The molecule has 2 aromatic rings. The summed E-state index contributed by atoms with van der Waals surface area (Å²) in [5.74, 6) is 0.941. The molecule has 1 aromatic heterocycles. The molecule has 1 heterocycles. The third-order valence-electron chi connectivity index (χ3n) is 3.91. The maximum Gasteiger partial charge on any atom is 0.452 e. The van der Waals surface area contributed by atoms with Crippen molar-refractivity contribution >= 4 is 7.12 Å². The van der Waals surface area contributed by atoms with E-state index in [1.165, 1.54) is 0 Å². The Morgan fingerprint density at radius 3 is 2.56 bits per heavy atom. The van der Waals surface area contributed by atoms with Gasteiger partial charge in [0.1, 0.15) is 0 Å². The third-order valence-corrected chi connectivity index (χ3v) is 3.91. The highest BCUT2D eigenvalue weighted by Gasteiger charge is 2.19. The SMILES string of the molecule is CCCOc1cc(-c2cncc(C(CO)CB(O)O)c2)ccc1OC. The Bertz CT molecular complexity index is 680. The molecule has 0 bridgehead atoms. The number of aliphatic hydroxyl groups excluding tert-OH is 1. The van der Waals surface area contributed by atoms with Gasteiger partial charge in [-0.3, -0.25) is 4.98 Å². The van der Waals surface area contributed by atoms with Gasteiger partial charge < -0.3 is 24.6 Å². The molecule has 0 aliphatic carbocycles. The molecule has 6 nitrogen and oxygen atoms in total. The Labute approximate surface area is 148 Å². The summed E-state index contributed by atoms with van der Waals surface area (Å²) in [5.41, 5.74) is 2.51. The van der Waals surface area contributed by atoms with Crippen LogP contribution in [0.15, 0.2) is 36.7 Å². The molecule has 0 fully saturated rings. The van der Waals surface area contributed by atoms with Gasteiger partial charge in [0.25, 0.3) is 0 Å². The first-order valence-corrected chi connectivity index (χ1v) is 8.32. The van der Waals surface area contributed by atoms with E-state index in [9.17, 15) is 15.2 Å². The van der Waals surface area contributed by atoms with Crippen LogP contribution in [0.1, 0.15) is 24.8 Å². The van der Waals surface area contributed by atoms with Gasteiger partial charge in [-0.25, -0.2) is 0 Å². The number of aliphatic hydroxyl groups is 1. The van der Waals surface area contributed by atoms with Crippen LogP contribution in [0.2, 0.25) is 6.32 Å². The summed E-state index contributed by atoms with van der Waals surface area (Å²) in [6.45, 7) is 2.45. The Kier molecular flexibility index (Phi) is 7.24. The zero-order valence-electron chi connectivity index (χ0n) is 14.6. The van der Waals surface area contributed by atoms with E-state index in [4.69, 9.17) is 9.47 Å². The number of aromatic nitrogens is 1. The Morgan fingerprint density at radius 1 is 1.12 bits per heavy atom. The molecular formula is C18H24BNO5. The molecule has 1 atom stereocenters. The lowest BCUT2D eigenvalue weighted by atomic mass is 9.76.